The zero-order valence-corrected chi connectivity index (χ0v) is 15.1. The summed E-state index contributed by atoms with van der Waals surface area (Å²) in [7, 11) is 1.29. The number of halogens is 1. The number of aromatic nitrogens is 2. The number of rotatable bonds is 4. The molecule has 1 fully saturated rings. The second kappa shape index (κ2) is 7.30. The van der Waals surface area contributed by atoms with Crippen molar-refractivity contribution in [3.05, 3.63) is 15.7 Å². The van der Waals surface area contributed by atoms with E-state index < -0.39 is 12.1 Å². The van der Waals surface area contributed by atoms with Gasteiger partial charge in [-0.15, -0.1) is 0 Å². The number of aromatic amines is 1. The lowest BCUT2D eigenvalue weighted by molar-refractivity contribution is -0.135. The average molecular weight is 420 g/mol. The van der Waals surface area contributed by atoms with Crippen LogP contribution < -0.4 is 5.32 Å². The van der Waals surface area contributed by atoms with E-state index in [1.54, 1.807) is 11.1 Å². The van der Waals surface area contributed by atoms with Gasteiger partial charge in [-0.05, 0) is 41.4 Å². The number of hydrogen-bond donors (Lipinski definition) is 2. The first-order chi connectivity index (χ1) is 10.4. The number of carbonyl (C=O) groups is 2. The molecule has 0 aromatic carbocycles. The molecule has 2 heterocycles. The smallest absolute Gasteiger partial charge is 0.407 e. The third kappa shape index (κ3) is 3.71. The van der Waals surface area contributed by atoms with Gasteiger partial charge in [-0.2, -0.15) is 0 Å². The molecule has 1 aliphatic heterocycles. The number of imidazole rings is 1. The van der Waals surface area contributed by atoms with Gasteiger partial charge in [-0.3, -0.25) is 4.79 Å². The monoisotopic (exact) mass is 420 g/mol. The molecule has 7 nitrogen and oxygen atoms in total. The molecular weight excluding hydrogens is 399 g/mol. The first kappa shape index (κ1) is 17.0. The summed E-state index contributed by atoms with van der Waals surface area (Å²) in [5.74, 6) is 0.690. The Morgan fingerprint density at radius 1 is 1.55 bits per heavy atom. The third-order valence-corrected chi connectivity index (χ3v) is 4.36. The molecular formula is C14H21IN4O3. The average Bonchev–Trinajstić information content (AvgIpc) is 3.11. The number of H-pyrrole nitrogens is 1. The van der Waals surface area contributed by atoms with E-state index in [0.29, 0.717) is 6.54 Å². The van der Waals surface area contributed by atoms with Crippen LogP contribution in [0.2, 0.25) is 0 Å². The van der Waals surface area contributed by atoms with Crippen LogP contribution in [-0.4, -0.2) is 46.6 Å². The maximum absolute atomic E-state index is 12.8. The largest absolute Gasteiger partial charge is 0.453 e. The topological polar surface area (TPSA) is 87.3 Å². The van der Waals surface area contributed by atoms with Crippen molar-refractivity contribution >= 4 is 34.6 Å². The summed E-state index contributed by atoms with van der Waals surface area (Å²) in [6, 6.07) is -0.654. The van der Waals surface area contributed by atoms with Crippen LogP contribution in [0.4, 0.5) is 4.79 Å². The van der Waals surface area contributed by atoms with Gasteiger partial charge in [0.05, 0.1) is 23.0 Å². The highest BCUT2D eigenvalue weighted by molar-refractivity contribution is 14.1. The SMILES string of the molecule is COC(=O)NC(C(=O)N1CCCC1c1ncc(I)[nH]1)C(C)C. The van der Waals surface area contributed by atoms with Crippen LogP contribution >= 0.6 is 22.6 Å². The van der Waals surface area contributed by atoms with Gasteiger partial charge in [0.2, 0.25) is 5.91 Å². The van der Waals surface area contributed by atoms with Crippen LogP contribution in [0.5, 0.6) is 0 Å². The van der Waals surface area contributed by atoms with Gasteiger partial charge in [-0.25, -0.2) is 9.78 Å². The maximum Gasteiger partial charge on any atom is 0.407 e. The number of likely N-dealkylation sites (tertiary alicyclic amines) is 1. The number of ether oxygens (including phenoxy) is 1. The van der Waals surface area contributed by atoms with Crippen LogP contribution in [0.25, 0.3) is 0 Å². The zero-order chi connectivity index (χ0) is 16.3. The molecule has 1 aliphatic rings. The minimum Gasteiger partial charge on any atom is -0.453 e. The molecule has 2 rings (SSSR count). The Labute approximate surface area is 143 Å². The van der Waals surface area contributed by atoms with Crippen LogP contribution in [0.15, 0.2) is 6.20 Å². The van der Waals surface area contributed by atoms with Gasteiger partial charge in [0.15, 0.2) is 0 Å². The van der Waals surface area contributed by atoms with Crippen molar-refractivity contribution in [2.45, 2.75) is 38.8 Å². The molecule has 0 aliphatic carbocycles. The second-order valence-corrected chi connectivity index (χ2v) is 6.83. The highest BCUT2D eigenvalue weighted by atomic mass is 127. The van der Waals surface area contributed by atoms with E-state index in [4.69, 9.17) is 0 Å². The van der Waals surface area contributed by atoms with Crippen LogP contribution in [-0.2, 0) is 9.53 Å². The highest BCUT2D eigenvalue weighted by Crippen LogP contribution is 2.31. The normalized spacial score (nSPS) is 19.3. The molecule has 2 amide bonds. The standard InChI is InChI=1S/C14H21IN4O3/c1-8(2)11(18-14(21)22-3)13(20)19-6-4-5-9(19)12-16-7-10(15)17-12/h7-9,11H,4-6H2,1-3H3,(H,16,17)(H,18,21). The van der Waals surface area contributed by atoms with Gasteiger partial charge in [0.25, 0.3) is 0 Å². The number of nitrogens with zero attached hydrogens (tertiary/aromatic N) is 2. The fourth-order valence-electron chi connectivity index (χ4n) is 2.68. The molecule has 0 bridgehead atoms. The van der Waals surface area contributed by atoms with Crippen molar-refractivity contribution in [3.63, 3.8) is 0 Å². The Morgan fingerprint density at radius 3 is 2.82 bits per heavy atom. The molecule has 2 N–H and O–H groups in total. The molecule has 2 unspecified atom stereocenters. The van der Waals surface area contributed by atoms with Crippen molar-refractivity contribution < 1.29 is 14.3 Å². The lowest BCUT2D eigenvalue weighted by Gasteiger charge is -2.29. The molecule has 8 heteroatoms. The molecule has 0 saturated carbocycles. The summed E-state index contributed by atoms with van der Waals surface area (Å²) >= 11 is 2.16. The van der Waals surface area contributed by atoms with Crippen LogP contribution in [0, 0.1) is 9.62 Å². The van der Waals surface area contributed by atoms with E-state index in [2.05, 4.69) is 42.6 Å². The van der Waals surface area contributed by atoms with Gasteiger partial charge < -0.3 is 19.9 Å². The highest BCUT2D eigenvalue weighted by Gasteiger charge is 2.37. The van der Waals surface area contributed by atoms with E-state index in [1.165, 1.54) is 7.11 Å². The molecule has 122 valence electrons. The Bertz CT molecular complexity index is 546. The lowest BCUT2D eigenvalue weighted by atomic mass is 10.0. The van der Waals surface area contributed by atoms with Crippen LogP contribution in [0.3, 0.4) is 0 Å². The van der Waals surface area contributed by atoms with Crippen molar-refractivity contribution in [3.8, 4) is 0 Å². The predicted molar refractivity (Wildman–Crippen MR) is 89.2 cm³/mol. The van der Waals surface area contributed by atoms with Crippen molar-refractivity contribution in [2.75, 3.05) is 13.7 Å². The van der Waals surface area contributed by atoms with Gasteiger partial charge in [0.1, 0.15) is 11.9 Å². The minimum absolute atomic E-state index is 0.0235. The van der Waals surface area contributed by atoms with E-state index >= 15 is 0 Å². The van der Waals surface area contributed by atoms with E-state index in [0.717, 1.165) is 22.4 Å². The van der Waals surface area contributed by atoms with Crippen LogP contribution in [0.1, 0.15) is 38.6 Å². The Hall–Kier alpha value is -1.32. The summed E-state index contributed by atoms with van der Waals surface area (Å²) in [5, 5.41) is 2.64. The lowest BCUT2D eigenvalue weighted by Crippen LogP contribution is -2.51. The molecule has 1 saturated heterocycles. The number of alkyl carbamates (subject to hydrolysis) is 1. The molecule has 1 aromatic heterocycles. The summed E-state index contributed by atoms with van der Waals surface area (Å²) in [6.45, 7) is 4.48. The minimum atomic E-state index is -0.595. The van der Waals surface area contributed by atoms with E-state index in [9.17, 15) is 9.59 Å². The fraction of sp³-hybridized carbons (Fsp3) is 0.643. The summed E-state index contributed by atoms with van der Waals surface area (Å²) in [5.41, 5.74) is 0. The maximum atomic E-state index is 12.8. The number of carbonyl (C=O) groups excluding carboxylic acids is 2. The molecule has 2 atom stereocenters. The number of amides is 2. The van der Waals surface area contributed by atoms with Gasteiger partial charge in [-0.1, -0.05) is 13.8 Å². The van der Waals surface area contributed by atoms with Gasteiger partial charge >= 0.3 is 6.09 Å². The molecule has 22 heavy (non-hydrogen) atoms. The quantitative estimate of drug-likeness (QED) is 0.731. The fourth-order valence-corrected chi connectivity index (χ4v) is 3.09. The first-order valence-corrected chi connectivity index (χ1v) is 8.37. The number of nitrogens with one attached hydrogen (secondary N) is 2. The zero-order valence-electron chi connectivity index (χ0n) is 12.9. The Morgan fingerprint density at radius 2 is 2.27 bits per heavy atom. The first-order valence-electron chi connectivity index (χ1n) is 7.29. The third-order valence-electron chi connectivity index (χ3n) is 3.81. The van der Waals surface area contributed by atoms with Gasteiger partial charge in [0, 0.05) is 6.54 Å². The number of methoxy groups -OCH3 is 1. The van der Waals surface area contributed by atoms with Crippen molar-refractivity contribution in [1.29, 1.82) is 0 Å². The van der Waals surface area contributed by atoms with E-state index in [1.807, 2.05) is 13.8 Å². The van der Waals surface area contributed by atoms with Crippen molar-refractivity contribution in [2.24, 2.45) is 5.92 Å². The Balaban J connectivity index is 2.16. The molecule has 0 spiro atoms. The second-order valence-electron chi connectivity index (χ2n) is 5.66. The molecule has 0 radical (unpaired) electrons. The predicted octanol–water partition coefficient (Wildman–Crippen LogP) is 2.06. The summed E-state index contributed by atoms with van der Waals surface area (Å²) in [4.78, 5) is 33.7. The summed E-state index contributed by atoms with van der Waals surface area (Å²) < 4.78 is 5.56. The van der Waals surface area contributed by atoms with E-state index in [-0.39, 0.29) is 17.9 Å². The number of hydrogen-bond acceptors (Lipinski definition) is 4. The summed E-state index contributed by atoms with van der Waals surface area (Å²) in [6.07, 6.45) is 2.97. The Kier molecular flexibility index (Phi) is 5.65. The van der Waals surface area contributed by atoms with Crippen molar-refractivity contribution in [1.82, 2.24) is 20.2 Å². The molecule has 1 aromatic rings.